The zero-order valence-electron chi connectivity index (χ0n) is 15.9. The van der Waals surface area contributed by atoms with E-state index >= 15 is 0 Å². The lowest BCUT2D eigenvalue weighted by Gasteiger charge is -2.09. The van der Waals surface area contributed by atoms with Crippen LogP contribution in [0.1, 0.15) is 11.1 Å². The average molecular weight is 383 g/mol. The number of carbonyl (C=O) groups excluding carboxylic acids is 1. The Morgan fingerprint density at radius 1 is 0.931 bits per heavy atom. The molecule has 1 heterocycles. The molecule has 0 spiro atoms. The van der Waals surface area contributed by atoms with Crippen LogP contribution in [0.5, 0.6) is 5.75 Å². The van der Waals surface area contributed by atoms with Gasteiger partial charge in [-0.3, -0.25) is 4.79 Å². The average Bonchev–Trinajstić information content (AvgIpc) is 3.16. The van der Waals surface area contributed by atoms with Crippen LogP contribution < -0.4 is 10.2 Å². The number of nitrogens with zero attached hydrogens (tertiary/aromatic N) is 2. The smallest absolute Gasteiger partial charge is 0.259 e. The van der Waals surface area contributed by atoms with Gasteiger partial charge in [0.15, 0.2) is 0 Å². The van der Waals surface area contributed by atoms with E-state index in [1.165, 1.54) is 0 Å². The van der Waals surface area contributed by atoms with Crippen molar-refractivity contribution in [1.82, 2.24) is 9.99 Å². The first-order valence-electron chi connectivity index (χ1n) is 9.41. The summed E-state index contributed by atoms with van der Waals surface area (Å²) in [5.41, 5.74) is 5.50. The highest BCUT2D eigenvalue weighted by atomic mass is 16.5. The van der Waals surface area contributed by atoms with E-state index in [0.29, 0.717) is 12.4 Å². The minimum absolute atomic E-state index is 0.190. The van der Waals surface area contributed by atoms with Gasteiger partial charge in [-0.05, 0) is 35.2 Å². The van der Waals surface area contributed by atoms with Gasteiger partial charge >= 0.3 is 0 Å². The molecule has 3 aromatic carbocycles. The van der Waals surface area contributed by atoms with Gasteiger partial charge in [-0.25, -0.2) is 5.43 Å². The topological polar surface area (TPSA) is 55.6 Å². The SMILES string of the molecule is O=C(Cn1ccc2ccccc21)N/N=C/c1ccccc1OCc1ccccc1. The molecule has 0 atom stereocenters. The molecule has 0 bridgehead atoms. The molecule has 0 aliphatic carbocycles. The minimum Gasteiger partial charge on any atom is -0.488 e. The van der Waals surface area contributed by atoms with Crippen molar-refractivity contribution in [1.29, 1.82) is 0 Å². The quantitative estimate of drug-likeness (QED) is 0.381. The van der Waals surface area contributed by atoms with Crippen LogP contribution in [0.4, 0.5) is 0 Å². The van der Waals surface area contributed by atoms with Crippen LogP contribution in [-0.4, -0.2) is 16.7 Å². The van der Waals surface area contributed by atoms with Crippen molar-refractivity contribution in [2.75, 3.05) is 0 Å². The molecule has 4 aromatic rings. The van der Waals surface area contributed by atoms with Crippen molar-refractivity contribution < 1.29 is 9.53 Å². The van der Waals surface area contributed by atoms with Crippen molar-refractivity contribution in [3.05, 3.63) is 102 Å². The lowest BCUT2D eigenvalue weighted by Crippen LogP contribution is -2.22. The summed E-state index contributed by atoms with van der Waals surface area (Å²) in [5.74, 6) is 0.524. The number of amides is 1. The first kappa shape index (κ1) is 18.5. The van der Waals surface area contributed by atoms with Gasteiger partial charge < -0.3 is 9.30 Å². The van der Waals surface area contributed by atoms with E-state index < -0.39 is 0 Å². The molecular formula is C24H21N3O2. The molecular weight excluding hydrogens is 362 g/mol. The normalized spacial score (nSPS) is 11.0. The first-order chi connectivity index (χ1) is 14.3. The number of aromatic nitrogens is 1. The molecule has 4 rings (SSSR count). The van der Waals surface area contributed by atoms with E-state index in [1.54, 1.807) is 6.21 Å². The van der Waals surface area contributed by atoms with Gasteiger partial charge in [0.25, 0.3) is 5.91 Å². The number of hydrogen-bond donors (Lipinski definition) is 1. The Bertz CT molecular complexity index is 1130. The van der Waals surface area contributed by atoms with Gasteiger partial charge in [0.1, 0.15) is 18.9 Å². The predicted octanol–water partition coefficient (Wildman–Crippen LogP) is 4.37. The second-order valence-electron chi connectivity index (χ2n) is 6.61. The predicted molar refractivity (Wildman–Crippen MR) is 115 cm³/mol. The molecule has 0 saturated heterocycles. The first-order valence-corrected chi connectivity index (χ1v) is 9.41. The Labute approximate surface area is 169 Å². The Morgan fingerprint density at radius 2 is 1.69 bits per heavy atom. The summed E-state index contributed by atoms with van der Waals surface area (Å²) in [4.78, 5) is 12.3. The third kappa shape index (κ3) is 4.71. The van der Waals surface area contributed by atoms with Crippen LogP contribution in [0.15, 0.2) is 96.2 Å². The van der Waals surface area contributed by atoms with Crippen molar-refractivity contribution >= 4 is 23.0 Å². The van der Waals surface area contributed by atoms with Crippen molar-refractivity contribution in [2.24, 2.45) is 5.10 Å². The summed E-state index contributed by atoms with van der Waals surface area (Å²) >= 11 is 0. The summed E-state index contributed by atoms with van der Waals surface area (Å²) in [6.07, 6.45) is 3.51. The summed E-state index contributed by atoms with van der Waals surface area (Å²) in [7, 11) is 0. The van der Waals surface area contributed by atoms with E-state index in [4.69, 9.17) is 4.74 Å². The fourth-order valence-electron chi connectivity index (χ4n) is 3.10. The lowest BCUT2D eigenvalue weighted by atomic mass is 10.2. The van der Waals surface area contributed by atoms with Crippen LogP contribution in [0, 0.1) is 0 Å². The zero-order valence-corrected chi connectivity index (χ0v) is 15.9. The van der Waals surface area contributed by atoms with Crippen molar-refractivity contribution in [3.63, 3.8) is 0 Å². The third-order valence-corrected chi connectivity index (χ3v) is 4.54. The van der Waals surface area contributed by atoms with Gasteiger partial charge in [0.2, 0.25) is 0 Å². The molecule has 0 radical (unpaired) electrons. The summed E-state index contributed by atoms with van der Waals surface area (Å²) in [5, 5.41) is 5.20. The number of hydrazone groups is 1. The zero-order chi connectivity index (χ0) is 19.9. The van der Waals surface area contributed by atoms with Crippen LogP contribution in [0.2, 0.25) is 0 Å². The highest BCUT2D eigenvalue weighted by molar-refractivity contribution is 5.86. The number of hydrogen-bond acceptors (Lipinski definition) is 3. The Kier molecular flexibility index (Phi) is 5.67. The van der Waals surface area contributed by atoms with Crippen molar-refractivity contribution in [3.8, 4) is 5.75 Å². The maximum Gasteiger partial charge on any atom is 0.259 e. The molecule has 1 N–H and O–H groups in total. The molecule has 144 valence electrons. The summed E-state index contributed by atoms with van der Waals surface area (Å²) < 4.78 is 7.81. The van der Waals surface area contributed by atoms with Gasteiger partial charge in [-0.2, -0.15) is 5.10 Å². The van der Waals surface area contributed by atoms with E-state index in [-0.39, 0.29) is 12.5 Å². The molecule has 0 aliphatic heterocycles. The fourth-order valence-corrected chi connectivity index (χ4v) is 3.10. The largest absolute Gasteiger partial charge is 0.488 e. The second kappa shape index (κ2) is 8.89. The summed E-state index contributed by atoms with van der Waals surface area (Å²) in [6, 6.07) is 27.5. The molecule has 0 fully saturated rings. The molecule has 0 saturated carbocycles. The van der Waals surface area contributed by atoms with Crippen LogP contribution in [0.25, 0.3) is 10.9 Å². The highest BCUT2D eigenvalue weighted by Crippen LogP contribution is 2.18. The number of benzene rings is 3. The molecule has 5 heteroatoms. The Balaban J connectivity index is 1.37. The maximum absolute atomic E-state index is 12.3. The van der Waals surface area contributed by atoms with Crippen molar-refractivity contribution in [2.45, 2.75) is 13.2 Å². The van der Waals surface area contributed by atoms with E-state index in [9.17, 15) is 4.79 Å². The number of para-hydroxylation sites is 2. The number of fused-ring (bicyclic) bond motifs is 1. The molecule has 5 nitrogen and oxygen atoms in total. The van der Waals surface area contributed by atoms with Crippen LogP contribution in [0.3, 0.4) is 0 Å². The standard InChI is InChI=1S/C24H21N3O2/c28-24(17-27-15-14-20-10-4-6-12-22(20)27)26-25-16-21-11-5-7-13-23(21)29-18-19-8-2-1-3-9-19/h1-16H,17-18H2,(H,26,28)/b25-16+. The molecule has 29 heavy (non-hydrogen) atoms. The second-order valence-corrected chi connectivity index (χ2v) is 6.61. The van der Waals surface area contributed by atoms with E-state index in [1.807, 2.05) is 95.7 Å². The van der Waals surface area contributed by atoms with E-state index in [2.05, 4.69) is 10.5 Å². The molecule has 1 aromatic heterocycles. The Morgan fingerprint density at radius 3 is 2.59 bits per heavy atom. The molecule has 0 aliphatic rings. The van der Waals surface area contributed by atoms with E-state index in [0.717, 1.165) is 22.0 Å². The van der Waals surface area contributed by atoms with Gasteiger partial charge in [0, 0.05) is 17.3 Å². The summed E-state index contributed by atoms with van der Waals surface area (Å²) in [6.45, 7) is 0.676. The van der Waals surface area contributed by atoms with Gasteiger partial charge in [-0.1, -0.05) is 60.7 Å². The molecule has 0 unspecified atom stereocenters. The minimum atomic E-state index is -0.190. The lowest BCUT2D eigenvalue weighted by molar-refractivity contribution is -0.121. The number of nitrogens with one attached hydrogen (secondary N) is 1. The number of ether oxygens (including phenoxy) is 1. The number of rotatable bonds is 7. The fraction of sp³-hybridized carbons (Fsp3) is 0.0833. The number of carbonyl (C=O) groups is 1. The van der Waals surface area contributed by atoms with Gasteiger partial charge in [-0.15, -0.1) is 0 Å². The molecule has 1 amide bonds. The third-order valence-electron chi connectivity index (χ3n) is 4.54. The van der Waals surface area contributed by atoms with Crippen LogP contribution >= 0.6 is 0 Å². The highest BCUT2D eigenvalue weighted by Gasteiger charge is 2.05. The van der Waals surface area contributed by atoms with Crippen LogP contribution in [-0.2, 0) is 17.9 Å². The monoisotopic (exact) mass is 383 g/mol. The van der Waals surface area contributed by atoms with Gasteiger partial charge in [0.05, 0.1) is 6.21 Å². The maximum atomic E-state index is 12.3. The Hall–Kier alpha value is -3.86.